The van der Waals surface area contributed by atoms with E-state index in [0.717, 1.165) is 56.7 Å². The molecule has 0 unspecified atom stereocenters. The molecule has 11 aromatic carbocycles. The minimum absolute atomic E-state index is 0.175. The fourth-order valence-electron chi connectivity index (χ4n) is 13.1. The third-order valence-electron chi connectivity index (χ3n) is 18.3. The Kier molecular flexibility index (Phi) is 12.4. The van der Waals surface area contributed by atoms with Gasteiger partial charge in [-0.2, -0.15) is 0 Å². The van der Waals surface area contributed by atoms with Crippen molar-refractivity contribution in [2.45, 2.75) is 77.0 Å². The first-order valence-electron chi connectivity index (χ1n) is 29.9. The van der Waals surface area contributed by atoms with Crippen LogP contribution in [0.25, 0.3) is 0 Å². The molecule has 0 fully saturated rings. The highest BCUT2D eigenvalue weighted by Crippen LogP contribution is 2.50. The molecule has 0 amide bonds. The fourth-order valence-corrected chi connectivity index (χ4v) is 13.1. The molecular formula is C78H70BN3. The van der Waals surface area contributed by atoms with E-state index >= 15 is 0 Å². The van der Waals surface area contributed by atoms with Crippen LogP contribution in [0.5, 0.6) is 0 Å². The highest BCUT2D eigenvalue weighted by atomic mass is 15.2. The van der Waals surface area contributed by atoms with Crippen molar-refractivity contribution in [2.24, 2.45) is 0 Å². The summed E-state index contributed by atoms with van der Waals surface area (Å²) in [5.74, 6) is 0. The molecule has 0 N–H and O–H groups in total. The molecule has 0 aromatic heterocycles. The number of nitrogens with zero attached hydrogens (tertiary/aromatic N) is 3. The molecule has 3 nitrogen and oxygen atoms in total. The lowest BCUT2D eigenvalue weighted by molar-refractivity contribution is 0.640. The summed E-state index contributed by atoms with van der Waals surface area (Å²) in [6, 6.07) is 98.5. The summed E-state index contributed by atoms with van der Waals surface area (Å²) >= 11 is 0. The molecule has 0 bridgehead atoms. The Labute approximate surface area is 489 Å². The minimum Gasteiger partial charge on any atom is -0.311 e. The zero-order valence-corrected chi connectivity index (χ0v) is 48.3. The number of benzene rings is 11. The van der Waals surface area contributed by atoms with Crippen LogP contribution < -0.4 is 31.1 Å². The van der Waals surface area contributed by atoms with Gasteiger partial charge in [0.1, 0.15) is 0 Å². The summed E-state index contributed by atoms with van der Waals surface area (Å²) in [6.07, 6.45) is 0. The summed E-state index contributed by atoms with van der Waals surface area (Å²) in [7, 11) is 0. The Balaban J connectivity index is 1.13. The normalized spacial score (nSPS) is 13.4. The average Bonchev–Trinajstić information content (AvgIpc) is 1.69. The maximum atomic E-state index is 8.43. The summed E-state index contributed by atoms with van der Waals surface area (Å²) in [4.78, 5) is 7.54. The molecule has 0 aliphatic carbocycles. The monoisotopic (exact) mass is 1060 g/mol. The van der Waals surface area contributed by atoms with Crippen LogP contribution in [0.1, 0.15) is 103 Å². The first-order chi connectivity index (χ1) is 40.5. The largest absolute Gasteiger partial charge is 0.311 e. The van der Waals surface area contributed by atoms with Gasteiger partial charge in [0.15, 0.2) is 0 Å². The fraction of sp³-hybridized carbons (Fsp3) is 0.154. The molecule has 13 rings (SSSR count). The standard InChI is InChI=1S/C78H70BN3/c1-75(2,55-28-15-9-16-29-55)59-42-46-65(47-43-59)81-70-49-45-61(77(5,6)57-32-19-11-20-33-57)51-69(70)79-68-48-44-62(78(7,8)58-34-21-12-22-35-58)52-71(68)82(66-41-27-36-60(50-66)76(3,4)56-30-17-10-18-31-56)73-54-67(53-72(81)74(73)79)80(63-37-23-13-24-38-63)64-39-25-14-26-40-64/h9-54H,1-8H3/i9D,11D. The van der Waals surface area contributed by atoms with Gasteiger partial charge in [-0.3, -0.25) is 0 Å². The lowest BCUT2D eigenvalue weighted by atomic mass is 9.33. The number of hydrogen-bond donors (Lipinski definition) is 0. The Morgan fingerprint density at radius 1 is 0.293 bits per heavy atom. The summed E-state index contributed by atoms with van der Waals surface area (Å²) in [5, 5.41) is 0. The molecule has 0 radical (unpaired) electrons. The van der Waals surface area contributed by atoms with E-state index in [9.17, 15) is 0 Å². The first-order valence-corrected chi connectivity index (χ1v) is 28.9. The zero-order chi connectivity index (χ0) is 58.1. The third kappa shape index (κ3) is 8.93. The van der Waals surface area contributed by atoms with Gasteiger partial charge in [-0.15, -0.1) is 0 Å². The molecule has 2 aliphatic heterocycles. The van der Waals surface area contributed by atoms with Gasteiger partial charge >= 0.3 is 0 Å². The Hall–Kier alpha value is -9.12. The van der Waals surface area contributed by atoms with E-state index in [2.05, 4.69) is 313 Å². The van der Waals surface area contributed by atoms with Crippen LogP contribution in [0.3, 0.4) is 0 Å². The van der Waals surface area contributed by atoms with Crippen LogP contribution in [0.4, 0.5) is 51.2 Å². The first kappa shape index (κ1) is 49.9. The number of rotatable bonds is 13. The molecule has 400 valence electrons. The third-order valence-corrected chi connectivity index (χ3v) is 18.3. The van der Waals surface area contributed by atoms with Gasteiger partial charge in [-0.1, -0.05) is 262 Å². The van der Waals surface area contributed by atoms with Crippen LogP contribution >= 0.6 is 0 Å². The highest BCUT2D eigenvalue weighted by Gasteiger charge is 2.46. The van der Waals surface area contributed by atoms with Crippen molar-refractivity contribution in [1.29, 1.82) is 0 Å². The molecular weight excluding hydrogens is 990 g/mol. The smallest absolute Gasteiger partial charge is 0.252 e. The lowest BCUT2D eigenvalue weighted by Crippen LogP contribution is -2.61. The molecule has 2 heterocycles. The summed E-state index contributed by atoms with van der Waals surface area (Å²) in [5.41, 5.74) is 21.9. The van der Waals surface area contributed by atoms with Crippen LogP contribution in [0.2, 0.25) is 0 Å². The number of para-hydroxylation sites is 2. The van der Waals surface area contributed by atoms with E-state index in [-0.39, 0.29) is 23.0 Å². The van der Waals surface area contributed by atoms with Crippen molar-refractivity contribution in [2.75, 3.05) is 14.7 Å². The van der Waals surface area contributed by atoms with E-state index in [1.165, 1.54) is 55.3 Å². The van der Waals surface area contributed by atoms with E-state index in [0.29, 0.717) is 12.1 Å². The van der Waals surface area contributed by atoms with Crippen molar-refractivity contribution in [3.05, 3.63) is 324 Å². The van der Waals surface area contributed by atoms with Crippen LogP contribution in [-0.2, 0) is 21.7 Å². The molecule has 0 atom stereocenters. The SMILES string of the molecule is [2H]c1ccc(C(C)(C)c2ccc(N3c4ccc(C(C)(C)c5ccc([2H])cc5)cc4B4c5ccc(C(C)(C)c6ccccc6)cc5N(c5cccc(C(C)(C)c6ccccc6)c5)c5cc(N(c6ccccc6)c6ccccc6)cc3c54)cc2)cc1. The van der Waals surface area contributed by atoms with Gasteiger partial charge < -0.3 is 14.7 Å². The Morgan fingerprint density at radius 2 is 0.683 bits per heavy atom. The minimum atomic E-state index is -0.392. The number of fused-ring (bicyclic) bond motifs is 4. The summed E-state index contributed by atoms with van der Waals surface area (Å²) < 4.78 is 16.7. The summed E-state index contributed by atoms with van der Waals surface area (Å²) in [6.45, 7) is 18.4. The van der Waals surface area contributed by atoms with Crippen molar-refractivity contribution in [1.82, 2.24) is 0 Å². The molecule has 82 heavy (non-hydrogen) atoms. The number of hydrogen-bond acceptors (Lipinski definition) is 3. The van der Waals surface area contributed by atoms with Crippen molar-refractivity contribution in [3.8, 4) is 0 Å². The molecule has 11 aromatic rings. The number of anilines is 9. The van der Waals surface area contributed by atoms with Gasteiger partial charge in [-0.05, 0) is 134 Å². The maximum absolute atomic E-state index is 8.43. The maximum Gasteiger partial charge on any atom is 0.252 e. The van der Waals surface area contributed by atoms with E-state index < -0.39 is 5.41 Å². The van der Waals surface area contributed by atoms with Gasteiger partial charge in [0.05, 0.1) is 8.43 Å². The topological polar surface area (TPSA) is 9.72 Å². The van der Waals surface area contributed by atoms with Crippen LogP contribution in [-0.4, -0.2) is 6.71 Å². The second kappa shape index (κ2) is 20.5. The van der Waals surface area contributed by atoms with Gasteiger partial charge in [0, 0.05) is 67.2 Å². The molecule has 0 saturated carbocycles. The van der Waals surface area contributed by atoms with Crippen LogP contribution in [0, 0.1) is 0 Å². The van der Waals surface area contributed by atoms with Crippen molar-refractivity contribution in [3.63, 3.8) is 0 Å². The van der Waals surface area contributed by atoms with Gasteiger partial charge in [0.2, 0.25) is 0 Å². The lowest BCUT2D eigenvalue weighted by Gasteiger charge is -2.46. The van der Waals surface area contributed by atoms with Crippen molar-refractivity contribution >= 4 is 74.3 Å². The average molecular weight is 1060 g/mol. The molecule has 0 saturated heterocycles. The molecule has 2 aliphatic rings. The predicted molar refractivity (Wildman–Crippen MR) is 349 cm³/mol. The second-order valence-corrected chi connectivity index (χ2v) is 24.5. The van der Waals surface area contributed by atoms with Gasteiger partial charge in [0.25, 0.3) is 6.71 Å². The van der Waals surface area contributed by atoms with E-state index in [1.807, 2.05) is 24.3 Å². The molecule has 4 heteroatoms. The highest BCUT2D eigenvalue weighted by molar-refractivity contribution is 7.00. The molecule has 0 spiro atoms. The van der Waals surface area contributed by atoms with Gasteiger partial charge in [-0.25, -0.2) is 0 Å². The van der Waals surface area contributed by atoms with E-state index in [4.69, 9.17) is 2.74 Å². The second-order valence-electron chi connectivity index (χ2n) is 24.5. The van der Waals surface area contributed by atoms with Crippen LogP contribution in [0.15, 0.2) is 279 Å². The van der Waals surface area contributed by atoms with E-state index in [1.54, 1.807) is 0 Å². The Morgan fingerprint density at radius 3 is 1.20 bits per heavy atom. The Bertz CT molecular complexity index is 4160. The quantitative estimate of drug-likeness (QED) is 0.107. The predicted octanol–water partition coefficient (Wildman–Crippen LogP) is 18.5. The zero-order valence-electron chi connectivity index (χ0n) is 50.3. The van der Waals surface area contributed by atoms with Crippen molar-refractivity contribution < 1.29 is 2.74 Å².